The molecule has 0 aromatic heterocycles. The van der Waals surface area contributed by atoms with Crippen LogP contribution in [-0.2, 0) is 71.2 Å². The van der Waals surface area contributed by atoms with Gasteiger partial charge in [0.25, 0.3) is 0 Å². The molecule has 80 heavy (non-hydrogen) atoms. The van der Waals surface area contributed by atoms with E-state index in [4.69, 9.17) is 61.6 Å². The highest BCUT2D eigenvalue weighted by Gasteiger charge is 2.53. The van der Waals surface area contributed by atoms with Crippen molar-refractivity contribution >= 4 is 11.9 Å². The van der Waals surface area contributed by atoms with E-state index in [1.807, 2.05) is 20.8 Å². The first-order valence-corrected chi connectivity index (χ1v) is 28.0. The van der Waals surface area contributed by atoms with Crippen LogP contribution in [-0.4, -0.2) is 264 Å². The highest BCUT2D eigenvalue weighted by atomic mass is 16.8. The number of carbonyl (C=O) groups is 2. The zero-order chi connectivity index (χ0) is 58.4. The molecule has 7 aliphatic rings. The molecule has 2 bridgehead atoms. The molecule has 28 heteroatoms. The number of fused-ring (bicyclic) bond motifs is 3. The van der Waals surface area contributed by atoms with Crippen LogP contribution < -0.4 is 0 Å². The average molecular weight is 1160 g/mol. The van der Waals surface area contributed by atoms with E-state index >= 15 is 0 Å². The van der Waals surface area contributed by atoms with Crippen LogP contribution in [0.3, 0.4) is 0 Å². The number of ether oxygens (including phenoxy) is 13. The van der Waals surface area contributed by atoms with Crippen LogP contribution in [0, 0.1) is 17.8 Å². The summed E-state index contributed by atoms with van der Waals surface area (Å²) in [5, 5.41) is 140. The maximum absolute atomic E-state index is 13.5. The van der Waals surface area contributed by atoms with Crippen LogP contribution in [0.4, 0.5) is 0 Å². The summed E-state index contributed by atoms with van der Waals surface area (Å²) in [5.41, 5.74) is 0. The first-order valence-electron chi connectivity index (χ1n) is 28.0. The van der Waals surface area contributed by atoms with Crippen molar-refractivity contribution in [3.63, 3.8) is 0 Å². The summed E-state index contributed by atoms with van der Waals surface area (Å²) in [5.74, 6) is -4.31. The van der Waals surface area contributed by atoms with Gasteiger partial charge in [0.05, 0.1) is 81.5 Å². The van der Waals surface area contributed by atoms with E-state index in [1.54, 1.807) is 13.8 Å². The molecule has 0 amide bonds. The third kappa shape index (κ3) is 15.6. The summed E-state index contributed by atoms with van der Waals surface area (Å²) in [4.78, 5) is 26.8. The fourth-order valence-electron chi connectivity index (χ4n) is 11.1. The Kier molecular flexibility index (Phi) is 23.4. The second-order valence-electron chi connectivity index (χ2n) is 22.4. The molecule has 6 fully saturated rings. The van der Waals surface area contributed by atoms with E-state index in [0.717, 1.165) is 0 Å². The summed E-state index contributed by atoms with van der Waals surface area (Å²) in [6, 6.07) is 0. The minimum Gasteiger partial charge on any atom is -0.504 e. The minimum absolute atomic E-state index is 0.0302. The minimum atomic E-state index is -1.76. The molecule has 6 saturated heterocycles. The van der Waals surface area contributed by atoms with E-state index in [-0.39, 0.29) is 37.7 Å². The monoisotopic (exact) mass is 1160 g/mol. The second kappa shape index (κ2) is 28.9. The molecule has 462 valence electrons. The Morgan fingerprint density at radius 3 is 2.06 bits per heavy atom. The lowest BCUT2D eigenvalue weighted by atomic mass is 9.81. The number of hydrogen-bond donors (Lipinski definition) is 13. The molecule has 13 N–H and O–H groups in total. The van der Waals surface area contributed by atoms with Gasteiger partial charge in [0.15, 0.2) is 37.4 Å². The Morgan fingerprint density at radius 1 is 0.675 bits per heavy atom. The lowest BCUT2D eigenvalue weighted by Crippen LogP contribution is -2.60. The van der Waals surface area contributed by atoms with Crippen LogP contribution in [0.15, 0.2) is 11.7 Å². The summed E-state index contributed by atoms with van der Waals surface area (Å²) in [7, 11) is 0. The molecule has 29 atom stereocenters. The number of aliphatic hydroxyl groups excluding tert-OH is 13. The Balaban J connectivity index is 0.885. The predicted molar refractivity (Wildman–Crippen MR) is 264 cm³/mol. The SMILES string of the molecule is CC[C@@H]1O[C@H]2O[C@H]3[C@@H](O[C@@H](CO)[C@@H]3O)O[C@@H](C[C@H](O)CC(=O)O[C@@H](C[C@H](O)CC(=O)O[C@@H]3C[C@@H](O[C@@H]4O[C@@H](C)[C@H](OC5=C(O)[C@@H](O[C@@H]6OC[C@@H](O)[C@H](O)[C@H]6O)[C@H](O)CO5)[C@@H](O)[C@H]4O)CO[C@@H]3C)[C@@H](C)CC)[C@@H](C)CC[C@H]([C@H]1O)[C@H]2O. The fourth-order valence-corrected chi connectivity index (χ4v) is 11.1. The van der Waals surface area contributed by atoms with Gasteiger partial charge < -0.3 is 128 Å². The topological polar surface area (TPSA) is 417 Å². The van der Waals surface area contributed by atoms with Gasteiger partial charge in [0.1, 0.15) is 79.9 Å². The van der Waals surface area contributed by atoms with Gasteiger partial charge in [-0.15, -0.1) is 0 Å². The van der Waals surface area contributed by atoms with E-state index in [0.29, 0.717) is 25.7 Å². The average Bonchev–Trinajstić information content (AvgIpc) is 3.79. The van der Waals surface area contributed by atoms with Gasteiger partial charge in [-0.1, -0.05) is 34.1 Å². The van der Waals surface area contributed by atoms with E-state index in [2.05, 4.69) is 0 Å². The fraction of sp³-hybridized carbons (Fsp3) is 0.923. The largest absolute Gasteiger partial charge is 0.504 e. The molecule has 0 aromatic carbocycles. The van der Waals surface area contributed by atoms with Crippen molar-refractivity contribution in [3.05, 3.63) is 11.7 Å². The van der Waals surface area contributed by atoms with Crippen molar-refractivity contribution in [1.82, 2.24) is 0 Å². The van der Waals surface area contributed by atoms with Gasteiger partial charge in [-0.2, -0.15) is 0 Å². The molecule has 0 aliphatic carbocycles. The van der Waals surface area contributed by atoms with Crippen molar-refractivity contribution in [2.45, 2.75) is 259 Å². The number of rotatable bonds is 20. The van der Waals surface area contributed by atoms with Crippen molar-refractivity contribution in [2.24, 2.45) is 17.8 Å². The molecule has 28 nitrogen and oxygen atoms in total. The van der Waals surface area contributed by atoms with Crippen LogP contribution >= 0.6 is 0 Å². The van der Waals surface area contributed by atoms with Crippen LogP contribution in [0.5, 0.6) is 0 Å². The maximum atomic E-state index is 13.5. The molecule has 0 spiro atoms. The lowest BCUT2D eigenvalue weighted by Gasteiger charge is -2.44. The molecule has 7 heterocycles. The number of hydrogen-bond acceptors (Lipinski definition) is 28. The van der Waals surface area contributed by atoms with Gasteiger partial charge in [0, 0.05) is 25.2 Å². The summed E-state index contributed by atoms with van der Waals surface area (Å²) < 4.78 is 75.3. The number of carbonyl (C=O) groups excluding carboxylic acids is 2. The van der Waals surface area contributed by atoms with E-state index in [1.165, 1.54) is 6.92 Å². The van der Waals surface area contributed by atoms with E-state index in [9.17, 15) is 76.0 Å². The molecule has 7 rings (SSSR count). The second-order valence-corrected chi connectivity index (χ2v) is 22.4. The normalized spacial score (nSPS) is 44.3. The van der Waals surface area contributed by atoms with Crippen molar-refractivity contribution in [2.75, 3.05) is 26.4 Å². The Morgan fingerprint density at radius 2 is 1.36 bits per heavy atom. The Hall–Kier alpha value is -2.76. The summed E-state index contributed by atoms with van der Waals surface area (Å²) >= 11 is 0. The number of esters is 2. The van der Waals surface area contributed by atoms with Gasteiger partial charge in [-0.25, -0.2) is 0 Å². The zero-order valence-corrected chi connectivity index (χ0v) is 45.9. The molecule has 0 radical (unpaired) electrons. The first-order chi connectivity index (χ1) is 37.9. The molecule has 0 unspecified atom stereocenters. The summed E-state index contributed by atoms with van der Waals surface area (Å²) in [6.07, 6.45) is -32.3. The van der Waals surface area contributed by atoms with Gasteiger partial charge in [-0.3, -0.25) is 9.59 Å². The standard InChI is InChI=1S/C52H86O28/c1-7-20(3)31(73-35(58)13-25(55)12-32-21(4)9-10-27-37(60)30(8-2)75-50(38(27)61)80-47-40(63)34(16-53)77-52(47)76-32)11-24(54)14-36(59)74-33-15-26(17-68-22(33)5)72-51-43(66)41(64)45(23(6)71-51)78-49-44(67)46(29(57)19-70-49)79-48-42(65)39(62)28(56)18-69-48/h20-34,37-43,45-48,50-57,60-67H,7-19H2,1-6H3/t20-,21-,22+,23-,24-,25-,26+,27+,28+,29+,30-,31-,32-,33+,34-,37+,38+,39-,40-,41-,42+,43+,45-,46-,47+,48-,50-,51-,52+/m0/s1. The van der Waals surface area contributed by atoms with Gasteiger partial charge in [0.2, 0.25) is 5.76 Å². The van der Waals surface area contributed by atoms with Crippen molar-refractivity contribution < 1.29 is 138 Å². The molecular weight excluding hydrogens is 1070 g/mol. The Bertz CT molecular complexity index is 1990. The Labute approximate surface area is 463 Å². The smallest absolute Gasteiger partial charge is 0.322 e. The van der Waals surface area contributed by atoms with Crippen LogP contribution in [0.25, 0.3) is 0 Å². The van der Waals surface area contributed by atoms with Crippen molar-refractivity contribution in [1.29, 1.82) is 0 Å². The lowest BCUT2D eigenvalue weighted by molar-refractivity contribution is -0.321. The van der Waals surface area contributed by atoms with Crippen molar-refractivity contribution in [3.8, 4) is 0 Å². The predicted octanol–water partition coefficient (Wildman–Crippen LogP) is -3.12. The maximum Gasteiger partial charge on any atom is 0.322 e. The highest BCUT2D eigenvalue weighted by Crippen LogP contribution is 2.39. The summed E-state index contributed by atoms with van der Waals surface area (Å²) in [6.45, 7) is 8.95. The molecular formula is C52H86O28. The molecule has 7 aliphatic heterocycles. The third-order valence-corrected chi connectivity index (χ3v) is 16.4. The molecule has 0 saturated carbocycles. The molecule has 0 aromatic rings. The van der Waals surface area contributed by atoms with E-state index < -0.39 is 222 Å². The quantitative estimate of drug-likeness (QED) is 0.0536. The van der Waals surface area contributed by atoms with Gasteiger partial charge in [-0.05, 0) is 44.9 Å². The zero-order valence-electron chi connectivity index (χ0n) is 45.9. The first kappa shape index (κ1) is 64.8. The van der Waals surface area contributed by atoms with Crippen LogP contribution in [0.1, 0.15) is 99.3 Å². The van der Waals surface area contributed by atoms with Crippen LogP contribution in [0.2, 0.25) is 0 Å². The highest BCUT2D eigenvalue weighted by molar-refractivity contribution is 5.71. The van der Waals surface area contributed by atoms with Gasteiger partial charge >= 0.3 is 17.9 Å². The number of aliphatic hydroxyl groups is 13. The third-order valence-electron chi connectivity index (χ3n) is 16.4.